The van der Waals surface area contributed by atoms with E-state index >= 15 is 0 Å². The second-order valence-corrected chi connectivity index (χ2v) is 7.26. The van der Waals surface area contributed by atoms with Crippen LogP contribution in [0.4, 0.5) is 0 Å². The van der Waals surface area contributed by atoms with Gasteiger partial charge in [-0.25, -0.2) is 0 Å². The third-order valence-electron chi connectivity index (χ3n) is 4.26. The number of nitrogens with zero attached hydrogens (tertiary/aromatic N) is 5. The van der Waals surface area contributed by atoms with Crippen LogP contribution in [0.25, 0.3) is 11.4 Å². The summed E-state index contributed by atoms with van der Waals surface area (Å²) < 4.78 is 3.73. The highest BCUT2D eigenvalue weighted by Crippen LogP contribution is 2.40. The van der Waals surface area contributed by atoms with Crippen molar-refractivity contribution >= 4 is 23.6 Å². The van der Waals surface area contributed by atoms with Crippen LogP contribution in [-0.4, -0.2) is 41.9 Å². The fourth-order valence-electron chi connectivity index (χ4n) is 2.78. The topological polar surface area (TPSA) is 94.7 Å². The molecule has 0 spiro atoms. The van der Waals surface area contributed by atoms with Crippen LogP contribution in [0.1, 0.15) is 29.4 Å². The van der Waals surface area contributed by atoms with Crippen LogP contribution in [0, 0.1) is 0 Å². The first-order chi connectivity index (χ1) is 13.1. The molecule has 1 N–H and O–H groups in total. The summed E-state index contributed by atoms with van der Waals surface area (Å²) in [4.78, 5) is 28.4. The van der Waals surface area contributed by atoms with Crippen LogP contribution in [0.2, 0.25) is 0 Å². The minimum Gasteiger partial charge on any atom is -0.347 e. The van der Waals surface area contributed by atoms with Gasteiger partial charge >= 0.3 is 0 Å². The van der Waals surface area contributed by atoms with Gasteiger partial charge in [0.2, 0.25) is 5.91 Å². The fourth-order valence-corrected chi connectivity index (χ4v) is 3.59. The first-order valence-corrected chi connectivity index (χ1v) is 9.55. The number of pyridine rings is 1. The van der Waals surface area contributed by atoms with Gasteiger partial charge in [-0.15, -0.1) is 10.2 Å². The smallest absolute Gasteiger partial charge is 0.274 e. The predicted octanol–water partition coefficient (Wildman–Crippen LogP) is 2.06. The largest absolute Gasteiger partial charge is 0.347 e. The third-order valence-corrected chi connectivity index (χ3v) is 5.20. The van der Waals surface area contributed by atoms with E-state index in [1.807, 2.05) is 12.1 Å². The van der Waals surface area contributed by atoms with Crippen LogP contribution in [0.5, 0.6) is 0 Å². The summed E-state index contributed by atoms with van der Waals surface area (Å²) in [5, 5.41) is 11.6. The molecule has 2 amide bonds. The van der Waals surface area contributed by atoms with Gasteiger partial charge in [0.15, 0.2) is 11.0 Å². The first-order valence-electron chi connectivity index (χ1n) is 8.57. The van der Waals surface area contributed by atoms with Crippen molar-refractivity contribution in [1.29, 1.82) is 0 Å². The summed E-state index contributed by atoms with van der Waals surface area (Å²) in [6, 6.07) is 7.57. The molecule has 3 aromatic rings. The SMILES string of the molecule is Cn1cccc1C(=O)NC(=O)CSc1nnc(-c2cccnc2)n1C1CC1. The van der Waals surface area contributed by atoms with Crippen molar-refractivity contribution in [2.24, 2.45) is 7.05 Å². The lowest BCUT2D eigenvalue weighted by atomic mass is 10.3. The quantitative estimate of drug-likeness (QED) is 0.656. The molecule has 3 aromatic heterocycles. The molecular formula is C18H18N6O2S. The number of carbonyl (C=O) groups excluding carboxylic acids is 2. The van der Waals surface area contributed by atoms with Crippen molar-refractivity contribution < 1.29 is 9.59 Å². The van der Waals surface area contributed by atoms with Gasteiger partial charge in [-0.05, 0) is 37.1 Å². The summed E-state index contributed by atoms with van der Waals surface area (Å²) in [5.74, 6) is 0.0781. The normalized spacial score (nSPS) is 13.5. The van der Waals surface area contributed by atoms with E-state index in [4.69, 9.17) is 0 Å². The Hall–Kier alpha value is -2.94. The van der Waals surface area contributed by atoms with Gasteiger partial charge < -0.3 is 4.57 Å². The lowest BCUT2D eigenvalue weighted by Gasteiger charge is -2.08. The zero-order valence-electron chi connectivity index (χ0n) is 14.7. The Morgan fingerprint density at radius 3 is 2.78 bits per heavy atom. The number of hydrogen-bond acceptors (Lipinski definition) is 6. The molecule has 1 saturated carbocycles. The van der Waals surface area contributed by atoms with Gasteiger partial charge in [-0.1, -0.05) is 11.8 Å². The Bertz CT molecular complexity index is 977. The van der Waals surface area contributed by atoms with Gasteiger partial charge in [0.25, 0.3) is 5.91 Å². The Labute approximate surface area is 160 Å². The monoisotopic (exact) mass is 382 g/mol. The molecule has 138 valence electrons. The Morgan fingerprint density at radius 2 is 2.11 bits per heavy atom. The maximum Gasteiger partial charge on any atom is 0.274 e. The van der Waals surface area contributed by atoms with Crippen molar-refractivity contribution in [3.05, 3.63) is 48.5 Å². The van der Waals surface area contributed by atoms with E-state index in [0.29, 0.717) is 16.9 Å². The second kappa shape index (κ2) is 7.36. The average molecular weight is 382 g/mol. The Kier molecular flexibility index (Phi) is 4.76. The van der Waals surface area contributed by atoms with E-state index in [-0.39, 0.29) is 11.7 Å². The van der Waals surface area contributed by atoms with Gasteiger partial charge in [0.1, 0.15) is 5.69 Å². The average Bonchev–Trinajstić information content (AvgIpc) is 3.27. The summed E-state index contributed by atoms with van der Waals surface area (Å²) in [5.41, 5.74) is 1.33. The highest BCUT2D eigenvalue weighted by molar-refractivity contribution is 7.99. The van der Waals surface area contributed by atoms with Crippen molar-refractivity contribution in [1.82, 2.24) is 29.6 Å². The number of rotatable bonds is 6. The third kappa shape index (κ3) is 3.77. The van der Waals surface area contributed by atoms with Gasteiger partial charge in [-0.2, -0.15) is 0 Å². The van der Waals surface area contributed by atoms with Crippen molar-refractivity contribution in [2.75, 3.05) is 5.75 Å². The minimum absolute atomic E-state index is 0.0913. The number of aromatic nitrogens is 5. The van der Waals surface area contributed by atoms with Crippen molar-refractivity contribution in [3.8, 4) is 11.4 Å². The van der Waals surface area contributed by atoms with Crippen LogP contribution in [0.3, 0.4) is 0 Å². The molecule has 0 aliphatic heterocycles. The molecule has 0 atom stereocenters. The van der Waals surface area contributed by atoms with Gasteiger partial charge in [-0.3, -0.25) is 24.5 Å². The molecule has 4 rings (SSSR count). The number of carbonyl (C=O) groups is 2. The van der Waals surface area contributed by atoms with E-state index in [9.17, 15) is 9.59 Å². The van der Waals surface area contributed by atoms with E-state index in [2.05, 4.69) is 25.1 Å². The molecule has 1 fully saturated rings. The zero-order chi connectivity index (χ0) is 18.8. The van der Waals surface area contributed by atoms with E-state index in [0.717, 1.165) is 24.2 Å². The summed E-state index contributed by atoms with van der Waals surface area (Å²) in [6.07, 6.45) is 7.36. The number of nitrogens with one attached hydrogen (secondary N) is 1. The van der Waals surface area contributed by atoms with Crippen LogP contribution >= 0.6 is 11.8 Å². The minimum atomic E-state index is -0.409. The number of aryl methyl sites for hydroxylation is 1. The maximum absolute atomic E-state index is 12.2. The standard InChI is InChI=1S/C18H18N6O2S/c1-23-9-3-5-14(23)17(26)20-15(25)11-27-18-22-21-16(24(18)13-6-7-13)12-4-2-8-19-10-12/h2-5,8-10,13H,6-7,11H2,1H3,(H,20,25,26). The zero-order valence-corrected chi connectivity index (χ0v) is 15.5. The molecule has 0 unspecified atom stereocenters. The van der Waals surface area contributed by atoms with Crippen molar-refractivity contribution in [3.63, 3.8) is 0 Å². The molecule has 0 aromatic carbocycles. The Balaban J connectivity index is 1.44. The molecule has 1 aliphatic rings. The molecule has 0 saturated heterocycles. The maximum atomic E-state index is 12.2. The summed E-state index contributed by atoms with van der Waals surface area (Å²) in [6.45, 7) is 0. The van der Waals surface area contributed by atoms with Crippen LogP contribution in [0.15, 0.2) is 48.0 Å². The molecule has 27 heavy (non-hydrogen) atoms. The summed E-state index contributed by atoms with van der Waals surface area (Å²) >= 11 is 1.28. The van der Waals surface area contributed by atoms with Gasteiger partial charge in [0, 0.05) is 37.2 Å². The molecule has 0 radical (unpaired) electrons. The lowest BCUT2D eigenvalue weighted by molar-refractivity contribution is -0.117. The number of imide groups is 1. The van der Waals surface area contributed by atoms with Crippen LogP contribution in [-0.2, 0) is 11.8 Å². The number of thioether (sulfide) groups is 1. The van der Waals surface area contributed by atoms with Gasteiger partial charge in [0.05, 0.1) is 5.75 Å². The molecule has 0 bridgehead atoms. The second-order valence-electron chi connectivity index (χ2n) is 6.32. The fraction of sp³-hybridized carbons (Fsp3) is 0.278. The molecule has 1 aliphatic carbocycles. The first kappa shape index (κ1) is 17.5. The van der Waals surface area contributed by atoms with E-state index < -0.39 is 5.91 Å². The number of hydrogen-bond donors (Lipinski definition) is 1. The van der Waals surface area contributed by atoms with Crippen LogP contribution < -0.4 is 5.32 Å². The molecule has 8 nitrogen and oxygen atoms in total. The molecule has 3 heterocycles. The number of amides is 2. The van der Waals surface area contributed by atoms with E-state index in [1.165, 1.54) is 11.8 Å². The summed E-state index contributed by atoms with van der Waals surface area (Å²) in [7, 11) is 1.76. The Morgan fingerprint density at radius 1 is 1.26 bits per heavy atom. The molecule has 9 heteroatoms. The highest BCUT2D eigenvalue weighted by Gasteiger charge is 2.30. The predicted molar refractivity (Wildman–Crippen MR) is 100 cm³/mol. The van der Waals surface area contributed by atoms with Crippen molar-refractivity contribution in [2.45, 2.75) is 24.0 Å². The lowest BCUT2D eigenvalue weighted by Crippen LogP contribution is -2.33. The highest BCUT2D eigenvalue weighted by atomic mass is 32.2. The van der Waals surface area contributed by atoms with E-state index in [1.54, 1.807) is 42.3 Å². The molecular weight excluding hydrogens is 364 g/mol.